The van der Waals surface area contributed by atoms with Gasteiger partial charge in [-0.15, -0.1) is 0 Å². The Bertz CT molecular complexity index is 714. The topological polar surface area (TPSA) is 59.6 Å². The fraction of sp³-hybridized carbons (Fsp3) is 0. The summed E-state index contributed by atoms with van der Waals surface area (Å²) in [4.78, 5) is 0. The molecule has 0 aliphatic heterocycles. The molecule has 0 aromatic heterocycles. The fourth-order valence-corrected chi connectivity index (χ4v) is 1.75. The Morgan fingerprint density at radius 1 is 0.947 bits per heavy atom. The predicted molar refractivity (Wildman–Crippen MR) is 70.6 cm³/mol. The van der Waals surface area contributed by atoms with Crippen LogP contribution in [0.25, 0.3) is 0 Å². The monoisotopic (exact) mass is 271 g/mol. The molecule has 0 bridgehead atoms. The highest BCUT2D eigenvalue weighted by atomic mass is 35.5. The number of benzene rings is 2. The zero-order chi connectivity index (χ0) is 13.8. The van der Waals surface area contributed by atoms with Crippen molar-refractivity contribution in [3.05, 3.63) is 58.4 Å². The molecular formula is C14H7ClFN3. The van der Waals surface area contributed by atoms with Crippen LogP contribution < -0.4 is 5.32 Å². The van der Waals surface area contributed by atoms with Crippen LogP contribution in [0.2, 0.25) is 5.02 Å². The number of nitrogens with zero attached hydrogens (tertiary/aromatic N) is 2. The van der Waals surface area contributed by atoms with E-state index in [1.54, 1.807) is 18.2 Å². The molecule has 92 valence electrons. The third kappa shape index (κ3) is 2.82. The molecule has 0 atom stereocenters. The molecule has 5 heteroatoms. The first-order valence-corrected chi connectivity index (χ1v) is 5.68. The van der Waals surface area contributed by atoms with Crippen molar-refractivity contribution in [3.8, 4) is 12.1 Å². The van der Waals surface area contributed by atoms with Gasteiger partial charge >= 0.3 is 0 Å². The Morgan fingerprint density at radius 3 is 2.37 bits per heavy atom. The Balaban J connectivity index is 2.45. The summed E-state index contributed by atoms with van der Waals surface area (Å²) in [6.45, 7) is 0. The van der Waals surface area contributed by atoms with Crippen LogP contribution in [0, 0.1) is 28.5 Å². The molecular weight excluding hydrogens is 265 g/mol. The summed E-state index contributed by atoms with van der Waals surface area (Å²) in [7, 11) is 0. The molecule has 0 saturated heterocycles. The van der Waals surface area contributed by atoms with Crippen molar-refractivity contribution in [1.82, 2.24) is 0 Å². The predicted octanol–water partition coefficient (Wildman–Crippen LogP) is 3.97. The first-order valence-electron chi connectivity index (χ1n) is 5.30. The van der Waals surface area contributed by atoms with Gasteiger partial charge in [-0.1, -0.05) is 11.6 Å². The van der Waals surface area contributed by atoms with E-state index in [0.29, 0.717) is 22.0 Å². The average Bonchev–Trinajstić information content (AvgIpc) is 2.41. The molecule has 2 aromatic rings. The maximum absolute atomic E-state index is 13.0. The molecule has 0 heterocycles. The van der Waals surface area contributed by atoms with Gasteiger partial charge in [0.05, 0.1) is 22.5 Å². The van der Waals surface area contributed by atoms with E-state index in [9.17, 15) is 4.39 Å². The van der Waals surface area contributed by atoms with E-state index in [1.165, 1.54) is 12.1 Å². The minimum absolute atomic E-state index is 0.156. The minimum atomic E-state index is -0.492. The quantitative estimate of drug-likeness (QED) is 0.899. The fourth-order valence-electron chi connectivity index (χ4n) is 1.58. The summed E-state index contributed by atoms with van der Waals surface area (Å²) in [6.07, 6.45) is 0. The van der Waals surface area contributed by atoms with Gasteiger partial charge < -0.3 is 5.32 Å². The van der Waals surface area contributed by atoms with E-state index < -0.39 is 5.82 Å². The van der Waals surface area contributed by atoms with Gasteiger partial charge in [-0.05, 0) is 36.4 Å². The molecule has 0 radical (unpaired) electrons. The zero-order valence-electron chi connectivity index (χ0n) is 9.61. The van der Waals surface area contributed by atoms with Gasteiger partial charge in [0.15, 0.2) is 0 Å². The highest BCUT2D eigenvalue weighted by Gasteiger charge is 2.07. The first-order chi connectivity index (χ1) is 9.13. The Labute approximate surface area is 114 Å². The highest BCUT2D eigenvalue weighted by molar-refractivity contribution is 6.30. The summed E-state index contributed by atoms with van der Waals surface area (Å²) in [6, 6.07) is 12.4. The van der Waals surface area contributed by atoms with E-state index in [4.69, 9.17) is 22.1 Å². The SMILES string of the molecule is N#Cc1cc(F)ccc1Nc1cc(Cl)ccc1C#N. The van der Waals surface area contributed by atoms with Crippen LogP contribution in [0.1, 0.15) is 11.1 Å². The van der Waals surface area contributed by atoms with Gasteiger partial charge in [0, 0.05) is 5.02 Å². The number of halogens is 2. The standard InChI is InChI=1S/C14H7ClFN3/c15-11-2-1-9(7-17)14(6-11)19-13-4-3-12(16)5-10(13)8-18/h1-6,19H. The third-order valence-corrected chi connectivity index (χ3v) is 2.71. The summed E-state index contributed by atoms with van der Waals surface area (Å²) >= 11 is 5.86. The van der Waals surface area contributed by atoms with Gasteiger partial charge in [0.25, 0.3) is 0 Å². The number of anilines is 2. The van der Waals surface area contributed by atoms with Crippen LogP contribution in [-0.2, 0) is 0 Å². The molecule has 0 saturated carbocycles. The van der Waals surface area contributed by atoms with Crippen molar-refractivity contribution in [3.63, 3.8) is 0 Å². The van der Waals surface area contributed by atoms with Crippen molar-refractivity contribution in [2.75, 3.05) is 5.32 Å². The van der Waals surface area contributed by atoms with Crippen molar-refractivity contribution < 1.29 is 4.39 Å². The lowest BCUT2D eigenvalue weighted by Crippen LogP contribution is -1.97. The van der Waals surface area contributed by atoms with Gasteiger partial charge in [-0.25, -0.2) is 4.39 Å². The number of hydrogen-bond acceptors (Lipinski definition) is 3. The zero-order valence-corrected chi connectivity index (χ0v) is 10.4. The van der Waals surface area contributed by atoms with Crippen molar-refractivity contribution in [2.24, 2.45) is 0 Å². The Morgan fingerprint density at radius 2 is 1.68 bits per heavy atom. The molecule has 2 rings (SSSR count). The molecule has 0 aliphatic carbocycles. The highest BCUT2D eigenvalue weighted by Crippen LogP contribution is 2.26. The molecule has 0 fully saturated rings. The van der Waals surface area contributed by atoms with E-state index in [1.807, 2.05) is 12.1 Å². The second kappa shape index (κ2) is 5.39. The van der Waals surface area contributed by atoms with Gasteiger partial charge in [0.1, 0.15) is 18.0 Å². The summed E-state index contributed by atoms with van der Waals surface area (Å²) in [5.74, 6) is -0.492. The first kappa shape index (κ1) is 12.9. The van der Waals surface area contributed by atoms with Crippen LogP contribution in [-0.4, -0.2) is 0 Å². The molecule has 0 amide bonds. The van der Waals surface area contributed by atoms with Gasteiger partial charge in [-0.2, -0.15) is 10.5 Å². The number of nitriles is 2. The lowest BCUT2D eigenvalue weighted by molar-refractivity contribution is 0.627. The largest absolute Gasteiger partial charge is 0.353 e. The molecule has 2 aromatic carbocycles. The second-order valence-electron chi connectivity index (χ2n) is 3.73. The Hall–Kier alpha value is -2.56. The molecule has 3 nitrogen and oxygen atoms in total. The van der Waals surface area contributed by atoms with Crippen LogP contribution >= 0.6 is 11.6 Å². The van der Waals surface area contributed by atoms with Crippen LogP contribution in [0.3, 0.4) is 0 Å². The second-order valence-corrected chi connectivity index (χ2v) is 4.16. The van der Waals surface area contributed by atoms with Crippen LogP contribution in [0.4, 0.5) is 15.8 Å². The van der Waals surface area contributed by atoms with Crippen molar-refractivity contribution >= 4 is 23.0 Å². The average molecular weight is 272 g/mol. The smallest absolute Gasteiger partial charge is 0.124 e. The maximum Gasteiger partial charge on any atom is 0.124 e. The number of nitrogens with one attached hydrogen (secondary N) is 1. The molecule has 0 aliphatic rings. The van der Waals surface area contributed by atoms with E-state index in [0.717, 1.165) is 6.07 Å². The van der Waals surface area contributed by atoms with Crippen LogP contribution in [0.15, 0.2) is 36.4 Å². The molecule has 0 unspecified atom stereocenters. The summed E-state index contributed by atoms with van der Waals surface area (Å²) < 4.78 is 13.0. The van der Waals surface area contributed by atoms with Crippen molar-refractivity contribution in [1.29, 1.82) is 10.5 Å². The normalized spacial score (nSPS) is 9.47. The summed E-state index contributed by atoms with van der Waals surface area (Å²) in [5.41, 5.74) is 1.43. The molecule has 19 heavy (non-hydrogen) atoms. The number of hydrogen-bond donors (Lipinski definition) is 1. The lowest BCUT2D eigenvalue weighted by atomic mass is 10.1. The summed E-state index contributed by atoms with van der Waals surface area (Å²) in [5, 5.41) is 21.3. The van der Waals surface area contributed by atoms with Gasteiger partial charge in [-0.3, -0.25) is 0 Å². The minimum Gasteiger partial charge on any atom is -0.353 e. The lowest BCUT2D eigenvalue weighted by Gasteiger charge is -2.10. The maximum atomic E-state index is 13.0. The van der Waals surface area contributed by atoms with E-state index >= 15 is 0 Å². The van der Waals surface area contributed by atoms with E-state index in [-0.39, 0.29) is 5.56 Å². The van der Waals surface area contributed by atoms with E-state index in [2.05, 4.69) is 5.32 Å². The van der Waals surface area contributed by atoms with Crippen LogP contribution in [0.5, 0.6) is 0 Å². The number of rotatable bonds is 2. The van der Waals surface area contributed by atoms with Gasteiger partial charge in [0.2, 0.25) is 0 Å². The third-order valence-electron chi connectivity index (χ3n) is 2.47. The van der Waals surface area contributed by atoms with Crippen molar-refractivity contribution in [2.45, 2.75) is 0 Å². The molecule has 0 spiro atoms. The molecule has 1 N–H and O–H groups in total. The Kier molecular flexibility index (Phi) is 3.66.